The van der Waals surface area contributed by atoms with Gasteiger partial charge in [0, 0.05) is 25.4 Å². The Balaban J connectivity index is 1.45. The summed E-state index contributed by atoms with van der Waals surface area (Å²) in [5.41, 5.74) is 2.00. The lowest BCUT2D eigenvalue weighted by Gasteiger charge is -2.16. The highest BCUT2D eigenvalue weighted by molar-refractivity contribution is 6.21. The molecular weight excluding hydrogens is 392 g/mol. The van der Waals surface area contributed by atoms with Gasteiger partial charge in [0.05, 0.1) is 27.7 Å². The molecule has 31 heavy (non-hydrogen) atoms. The van der Waals surface area contributed by atoms with E-state index in [-0.39, 0.29) is 23.9 Å². The van der Waals surface area contributed by atoms with Gasteiger partial charge in [-0.25, -0.2) is 4.98 Å². The van der Waals surface area contributed by atoms with E-state index in [0.29, 0.717) is 46.4 Å². The second-order valence-electron chi connectivity index (χ2n) is 7.30. The Morgan fingerprint density at radius 3 is 2.13 bits per heavy atom. The van der Waals surface area contributed by atoms with E-state index in [1.807, 2.05) is 12.1 Å². The number of nitrogens with zero attached hydrogens (tertiary/aromatic N) is 4. The van der Waals surface area contributed by atoms with Crippen molar-refractivity contribution in [3.63, 3.8) is 0 Å². The molecule has 0 spiro atoms. The highest BCUT2D eigenvalue weighted by Crippen LogP contribution is 2.23. The van der Waals surface area contributed by atoms with Gasteiger partial charge in [0.1, 0.15) is 5.82 Å². The van der Waals surface area contributed by atoms with Crippen LogP contribution in [0.25, 0.3) is 16.6 Å². The van der Waals surface area contributed by atoms with Crippen LogP contribution in [0.2, 0.25) is 0 Å². The van der Waals surface area contributed by atoms with Gasteiger partial charge in [-0.05, 0) is 42.8 Å². The predicted octanol–water partition coefficient (Wildman–Crippen LogP) is 3.01. The maximum absolute atomic E-state index is 13.2. The second kappa shape index (κ2) is 7.60. The highest BCUT2D eigenvalue weighted by Gasteiger charge is 2.34. The number of rotatable bonds is 5. The van der Waals surface area contributed by atoms with Gasteiger partial charge in [0.25, 0.3) is 17.4 Å². The van der Waals surface area contributed by atoms with Crippen LogP contribution in [0.4, 0.5) is 0 Å². The number of hydrogen-bond acceptors (Lipinski definition) is 5. The Labute approximate surface area is 177 Å². The number of aromatic nitrogens is 3. The van der Waals surface area contributed by atoms with Crippen LogP contribution in [0.3, 0.4) is 0 Å². The van der Waals surface area contributed by atoms with E-state index >= 15 is 0 Å². The molecule has 0 aliphatic carbocycles. The summed E-state index contributed by atoms with van der Waals surface area (Å²) < 4.78 is 1.58. The van der Waals surface area contributed by atoms with Crippen molar-refractivity contribution in [2.75, 3.05) is 6.54 Å². The molecule has 0 atom stereocenters. The Morgan fingerprint density at radius 2 is 1.42 bits per heavy atom. The lowest BCUT2D eigenvalue weighted by atomic mass is 10.1. The van der Waals surface area contributed by atoms with E-state index in [2.05, 4.69) is 4.98 Å². The minimum atomic E-state index is -0.279. The summed E-state index contributed by atoms with van der Waals surface area (Å²) in [6.07, 6.45) is 4.16. The number of amides is 2. The molecule has 2 amide bonds. The Hall–Kier alpha value is -4.13. The van der Waals surface area contributed by atoms with Crippen molar-refractivity contribution in [1.29, 1.82) is 0 Å². The first-order valence-electron chi connectivity index (χ1n) is 10.0. The van der Waals surface area contributed by atoms with Gasteiger partial charge >= 0.3 is 0 Å². The molecule has 0 N–H and O–H groups in total. The number of carbonyl (C=O) groups is 2. The SMILES string of the molecule is O=C1c2ccccc2C(=O)N1CCCc1nc2ccccc2c(=O)n1-c1ccncc1. The molecule has 3 heterocycles. The van der Waals surface area contributed by atoms with Gasteiger partial charge in [-0.15, -0.1) is 0 Å². The molecule has 0 bridgehead atoms. The molecule has 2 aromatic heterocycles. The number of carbonyl (C=O) groups excluding carboxylic acids is 2. The average Bonchev–Trinajstić information content (AvgIpc) is 3.05. The second-order valence-corrected chi connectivity index (χ2v) is 7.30. The highest BCUT2D eigenvalue weighted by atomic mass is 16.2. The van der Waals surface area contributed by atoms with Crippen LogP contribution in [-0.2, 0) is 6.42 Å². The van der Waals surface area contributed by atoms with E-state index in [0.717, 1.165) is 0 Å². The number of aryl methyl sites for hydroxylation is 1. The fourth-order valence-electron chi connectivity index (χ4n) is 3.94. The van der Waals surface area contributed by atoms with Crippen molar-refractivity contribution in [1.82, 2.24) is 19.4 Å². The Morgan fingerprint density at radius 1 is 0.774 bits per heavy atom. The lowest BCUT2D eigenvalue weighted by molar-refractivity contribution is 0.0652. The summed E-state index contributed by atoms with van der Waals surface area (Å²) >= 11 is 0. The molecule has 4 aromatic rings. The summed E-state index contributed by atoms with van der Waals surface area (Å²) in [7, 11) is 0. The third kappa shape index (κ3) is 3.20. The summed E-state index contributed by atoms with van der Waals surface area (Å²) in [6, 6.07) is 17.6. The van der Waals surface area contributed by atoms with Crippen LogP contribution >= 0.6 is 0 Å². The molecule has 0 saturated carbocycles. The average molecular weight is 410 g/mol. The van der Waals surface area contributed by atoms with Crippen LogP contribution in [0.1, 0.15) is 33.0 Å². The van der Waals surface area contributed by atoms with Crippen LogP contribution in [0, 0.1) is 0 Å². The first kappa shape index (κ1) is 18.9. The van der Waals surface area contributed by atoms with Crippen LogP contribution < -0.4 is 5.56 Å². The fraction of sp³-hybridized carbons (Fsp3) is 0.125. The molecule has 0 radical (unpaired) electrons. The van der Waals surface area contributed by atoms with E-state index in [9.17, 15) is 14.4 Å². The molecular formula is C24H18N4O3. The van der Waals surface area contributed by atoms with Gasteiger partial charge < -0.3 is 0 Å². The van der Waals surface area contributed by atoms with Gasteiger partial charge in [-0.1, -0.05) is 24.3 Å². The topological polar surface area (TPSA) is 85.2 Å². The number of imide groups is 1. The molecule has 0 fully saturated rings. The first-order valence-corrected chi connectivity index (χ1v) is 10.0. The third-order valence-corrected chi connectivity index (χ3v) is 5.43. The number of pyridine rings is 1. The maximum Gasteiger partial charge on any atom is 0.265 e. The number of hydrogen-bond donors (Lipinski definition) is 0. The number of benzene rings is 2. The zero-order valence-corrected chi connectivity index (χ0v) is 16.6. The van der Waals surface area contributed by atoms with Gasteiger partial charge in [0.15, 0.2) is 0 Å². The monoisotopic (exact) mass is 410 g/mol. The molecule has 0 saturated heterocycles. The quantitative estimate of drug-likeness (QED) is 0.472. The normalized spacial score (nSPS) is 13.1. The molecule has 5 rings (SSSR count). The molecule has 0 unspecified atom stereocenters. The van der Waals surface area contributed by atoms with Crippen LogP contribution in [0.5, 0.6) is 0 Å². The summed E-state index contributed by atoms with van der Waals surface area (Å²) in [6.45, 7) is 0.255. The molecule has 1 aliphatic heterocycles. The van der Waals surface area contributed by atoms with E-state index < -0.39 is 0 Å². The van der Waals surface area contributed by atoms with E-state index in [1.165, 1.54) is 4.90 Å². The standard InChI is InChI=1S/C24H18N4O3/c29-22-17-6-1-2-7-18(17)23(30)27(22)15-5-10-21-26-20-9-4-3-8-19(20)24(31)28(21)16-11-13-25-14-12-16/h1-4,6-9,11-14H,5,10,15H2. The van der Waals surface area contributed by atoms with Crippen LogP contribution in [0.15, 0.2) is 77.9 Å². The van der Waals surface area contributed by atoms with E-state index in [1.54, 1.807) is 65.5 Å². The molecule has 152 valence electrons. The van der Waals surface area contributed by atoms with Gasteiger partial charge in [-0.3, -0.25) is 28.8 Å². The third-order valence-electron chi connectivity index (χ3n) is 5.43. The molecule has 2 aromatic carbocycles. The molecule has 1 aliphatic rings. The van der Waals surface area contributed by atoms with Crippen molar-refractivity contribution >= 4 is 22.7 Å². The smallest absolute Gasteiger partial charge is 0.265 e. The molecule has 7 heteroatoms. The van der Waals surface area contributed by atoms with Crippen molar-refractivity contribution in [2.24, 2.45) is 0 Å². The Kier molecular flexibility index (Phi) is 4.63. The number of para-hydroxylation sites is 1. The minimum Gasteiger partial charge on any atom is -0.274 e. The number of fused-ring (bicyclic) bond motifs is 2. The van der Waals surface area contributed by atoms with Crippen molar-refractivity contribution in [3.05, 3.63) is 100 Å². The molecule has 7 nitrogen and oxygen atoms in total. The first-order chi connectivity index (χ1) is 15.1. The van der Waals surface area contributed by atoms with Gasteiger partial charge in [0.2, 0.25) is 0 Å². The van der Waals surface area contributed by atoms with Gasteiger partial charge in [-0.2, -0.15) is 0 Å². The fourth-order valence-corrected chi connectivity index (χ4v) is 3.94. The minimum absolute atomic E-state index is 0.160. The van der Waals surface area contributed by atoms with E-state index in [4.69, 9.17) is 4.98 Å². The zero-order chi connectivity index (χ0) is 21.4. The van der Waals surface area contributed by atoms with Crippen molar-refractivity contribution < 1.29 is 9.59 Å². The summed E-state index contributed by atoms with van der Waals surface area (Å²) in [5.74, 6) is 0.0173. The lowest BCUT2D eigenvalue weighted by Crippen LogP contribution is -2.31. The summed E-state index contributed by atoms with van der Waals surface area (Å²) in [4.78, 5) is 48.4. The zero-order valence-electron chi connectivity index (χ0n) is 16.6. The largest absolute Gasteiger partial charge is 0.274 e. The maximum atomic E-state index is 13.2. The summed E-state index contributed by atoms with van der Waals surface area (Å²) in [5, 5.41) is 0.531. The van der Waals surface area contributed by atoms with Crippen LogP contribution in [-0.4, -0.2) is 37.8 Å². The van der Waals surface area contributed by atoms with Crippen molar-refractivity contribution in [3.8, 4) is 5.69 Å². The Bertz CT molecular complexity index is 1340. The predicted molar refractivity (Wildman–Crippen MR) is 115 cm³/mol. The van der Waals surface area contributed by atoms with Crippen molar-refractivity contribution in [2.45, 2.75) is 12.8 Å².